The fourth-order valence-corrected chi connectivity index (χ4v) is 2.60. The fourth-order valence-electron chi connectivity index (χ4n) is 1.61. The van der Waals surface area contributed by atoms with Crippen LogP contribution in [0.2, 0.25) is 0 Å². The zero-order valence-corrected chi connectivity index (χ0v) is 10.2. The molecule has 0 amide bonds. The van der Waals surface area contributed by atoms with Crippen LogP contribution in [0.1, 0.15) is 23.6 Å². The summed E-state index contributed by atoms with van der Waals surface area (Å²) >= 11 is 1.61. The molecular weight excluding hydrogens is 212 g/mol. The van der Waals surface area contributed by atoms with Gasteiger partial charge in [-0.3, -0.25) is 0 Å². The highest BCUT2D eigenvalue weighted by atomic mass is 32.1. The highest BCUT2D eigenvalue weighted by molar-refractivity contribution is 7.12. The average Bonchev–Trinajstić information content (AvgIpc) is 2.52. The molecule has 1 aromatic heterocycles. The molecule has 84 valence electrons. The molecule has 0 bridgehead atoms. The maximum absolute atomic E-state index is 11.0. The normalized spacial score (nSPS) is 13.9. The zero-order chi connectivity index (χ0) is 11.6. The molecule has 4 heteroatoms. The van der Waals surface area contributed by atoms with Crippen LogP contribution >= 0.6 is 11.3 Å². The first-order valence-electron chi connectivity index (χ1n) is 4.72. The van der Waals surface area contributed by atoms with Crippen LogP contribution in [0.4, 0.5) is 0 Å². The van der Waals surface area contributed by atoms with Crippen LogP contribution in [0, 0.1) is 6.92 Å². The van der Waals surface area contributed by atoms with E-state index in [9.17, 15) is 4.79 Å². The van der Waals surface area contributed by atoms with Gasteiger partial charge in [0.25, 0.3) is 0 Å². The largest absolute Gasteiger partial charge is 0.479 e. The Labute approximate surface area is 93.7 Å². The molecule has 0 aliphatic rings. The minimum atomic E-state index is -0.923. The molecule has 0 aliphatic heterocycles. The van der Waals surface area contributed by atoms with Crippen molar-refractivity contribution in [2.75, 3.05) is 7.11 Å². The van der Waals surface area contributed by atoms with Gasteiger partial charge in [0.1, 0.15) is 0 Å². The summed E-state index contributed by atoms with van der Waals surface area (Å²) in [6.07, 6.45) is -0.810. The number of thiophene rings is 1. The van der Waals surface area contributed by atoms with Crippen LogP contribution in [0.3, 0.4) is 0 Å². The minimum Gasteiger partial charge on any atom is -0.479 e. The Bertz CT molecular complexity index is 354. The van der Waals surface area contributed by atoms with E-state index in [1.165, 1.54) is 12.0 Å². The van der Waals surface area contributed by atoms with Gasteiger partial charge in [0.15, 0.2) is 6.10 Å². The third kappa shape index (κ3) is 2.38. The van der Waals surface area contributed by atoms with Crippen molar-refractivity contribution >= 4 is 17.3 Å². The second kappa shape index (κ2) is 4.33. The van der Waals surface area contributed by atoms with Crippen LogP contribution in [0.5, 0.6) is 0 Å². The van der Waals surface area contributed by atoms with Crippen molar-refractivity contribution in [3.05, 3.63) is 21.9 Å². The highest BCUT2D eigenvalue weighted by Gasteiger charge is 2.37. The minimum absolute atomic E-state index is 0.500. The first kappa shape index (κ1) is 12.2. The monoisotopic (exact) mass is 228 g/mol. The highest BCUT2D eigenvalue weighted by Crippen LogP contribution is 2.34. The number of carboxylic acids is 1. The number of hydrogen-bond acceptors (Lipinski definition) is 3. The van der Waals surface area contributed by atoms with Crippen LogP contribution in [0.25, 0.3) is 0 Å². The Morgan fingerprint density at radius 2 is 2.13 bits per heavy atom. The Hall–Kier alpha value is -0.870. The second-order valence-corrected chi connectivity index (χ2v) is 5.37. The van der Waals surface area contributed by atoms with Crippen LogP contribution in [-0.4, -0.2) is 24.3 Å². The van der Waals surface area contributed by atoms with Gasteiger partial charge in [-0.15, -0.1) is 11.3 Å². The van der Waals surface area contributed by atoms with E-state index in [0.29, 0.717) is 0 Å². The average molecular weight is 228 g/mol. The van der Waals surface area contributed by atoms with Gasteiger partial charge >= 0.3 is 5.97 Å². The molecule has 0 radical (unpaired) electrons. The van der Waals surface area contributed by atoms with Crippen molar-refractivity contribution in [3.63, 3.8) is 0 Å². The van der Waals surface area contributed by atoms with E-state index in [1.54, 1.807) is 11.3 Å². The molecular formula is C11H16O3S. The predicted octanol–water partition coefficient (Wildman–Crippen LogP) is 2.43. The predicted molar refractivity (Wildman–Crippen MR) is 60.5 cm³/mol. The van der Waals surface area contributed by atoms with E-state index in [-0.39, 0.29) is 0 Å². The number of hydrogen-bond donors (Lipinski definition) is 1. The van der Waals surface area contributed by atoms with Crippen molar-refractivity contribution in [3.8, 4) is 0 Å². The van der Waals surface area contributed by atoms with Crippen molar-refractivity contribution in [1.29, 1.82) is 0 Å². The van der Waals surface area contributed by atoms with Gasteiger partial charge in [0, 0.05) is 22.3 Å². The summed E-state index contributed by atoms with van der Waals surface area (Å²) in [5.41, 5.74) is -0.500. The lowest BCUT2D eigenvalue weighted by Crippen LogP contribution is -2.40. The Kier molecular flexibility index (Phi) is 3.52. The molecule has 3 nitrogen and oxygen atoms in total. The molecule has 1 heterocycles. The summed E-state index contributed by atoms with van der Waals surface area (Å²) < 4.78 is 5.05. The molecule has 0 aliphatic carbocycles. The molecule has 0 saturated heterocycles. The standard InChI is InChI=1S/C11H16O3S/c1-7-5-6-8(15-7)11(2,3)9(14-4)10(12)13/h5-6,9H,1-4H3,(H,12,13). The summed E-state index contributed by atoms with van der Waals surface area (Å²) in [6.45, 7) is 5.79. The second-order valence-electron chi connectivity index (χ2n) is 4.09. The molecule has 15 heavy (non-hydrogen) atoms. The van der Waals surface area contributed by atoms with Gasteiger partial charge in [-0.2, -0.15) is 0 Å². The summed E-state index contributed by atoms with van der Waals surface area (Å²) in [7, 11) is 1.43. The first-order valence-corrected chi connectivity index (χ1v) is 5.53. The molecule has 1 aromatic rings. The molecule has 0 saturated carbocycles. The molecule has 1 unspecified atom stereocenters. The van der Waals surface area contributed by atoms with Gasteiger partial charge < -0.3 is 9.84 Å². The molecule has 1 N–H and O–H groups in total. The SMILES string of the molecule is COC(C(=O)O)C(C)(C)c1ccc(C)s1. The van der Waals surface area contributed by atoms with Crippen LogP contribution < -0.4 is 0 Å². The van der Waals surface area contributed by atoms with Gasteiger partial charge in [-0.1, -0.05) is 13.8 Å². The summed E-state index contributed by atoms with van der Waals surface area (Å²) in [5, 5.41) is 9.06. The van der Waals surface area contributed by atoms with E-state index in [0.717, 1.165) is 4.88 Å². The smallest absolute Gasteiger partial charge is 0.333 e. The van der Waals surface area contributed by atoms with Crippen molar-refractivity contribution < 1.29 is 14.6 Å². The summed E-state index contributed by atoms with van der Waals surface area (Å²) in [6, 6.07) is 3.96. The molecule has 0 fully saturated rings. The van der Waals surface area contributed by atoms with Crippen molar-refractivity contribution in [1.82, 2.24) is 0 Å². The molecule has 0 spiro atoms. The number of carboxylic acid groups (broad SMARTS) is 1. The zero-order valence-electron chi connectivity index (χ0n) is 9.40. The topological polar surface area (TPSA) is 46.5 Å². The lowest BCUT2D eigenvalue weighted by Gasteiger charge is -2.29. The molecule has 1 atom stereocenters. The number of methoxy groups -OCH3 is 1. The molecule has 1 rings (SSSR count). The lowest BCUT2D eigenvalue weighted by atomic mass is 9.85. The van der Waals surface area contributed by atoms with Gasteiger partial charge in [0.2, 0.25) is 0 Å². The third-order valence-electron chi connectivity index (χ3n) is 2.49. The number of aryl methyl sites for hydroxylation is 1. The summed E-state index contributed by atoms with van der Waals surface area (Å²) in [5.74, 6) is -0.923. The lowest BCUT2D eigenvalue weighted by molar-refractivity contribution is -0.152. The van der Waals surface area contributed by atoms with Gasteiger partial charge in [-0.25, -0.2) is 4.79 Å². The number of aliphatic carboxylic acids is 1. The first-order chi connectivity index (χ1) is 6.89. The number of ether oxygens (including phenoxy) is 1. The van der Waals surface area contributed by atoms with E-state index in [2.05, 4.69) is 0 Å². The quantitative estimate of drug-likeness (QED) is 0.861. The van der Waals surface area contributed by atoms with Crippen molar-refractivity contribution in [2.45, 2.75) is 32.3 Å². The third-order valence-corrected chi connectivity index (χ3v) is 3.83. The van der Waals surface area contributed by atoms with Crippen LogP contribution in [-0.2, 0) is 14.9 Å². The maximum Gasteiger partial charge on any atom is 0.333 e. The number of rotatable bonds is 4. The number of carbonyl (C=O) groups is 1. The van der Waals surface area contributed by atoms with E-state index in [1.807, 2.05) is 32.9 Å². The fraction of sp³-hybridized carbons (Fsp3) is 0.545. The Balaban J connectivity index is 3.04. The van der Waals surface area contributed by atoms with E-state index in [4.69, 9.17) is 9.84 Å². The Morgan fingerprint density at radius 1 is 1.53 bits per heavy atom. The van der Waals surface area contributed by atoms with Gasteiger partial charge in [0.05, 0.1) is 0 Å². The van der Waals surface area contributed by atoms with Crippen LogP contribution in [0.15, 0.2) is 12.1 Å². The Morgan fingerprint density at radius 3 is 2.47 bits per heavy atom. The summed E-state index contributed by atoms with van der Waals surface area (Å²) in [4.78, 5) is 13.3. The van der Waals surface area contributed by atoms with Crippen molar-refractivity contribution in [2.24, 2.45) is 0 Å². The van der Waals surface area contributed by atoms with E-state index < -0.39 is 17.5 Å². The molecule has 0 aromatic carbocycles. The van der Waals surface area contributed by atoms with Gasteiger partial charge in [-0.05, 0) is 19.1 Å². The van der Waals surface area contributed by atoms with E-state index >= 15 is 0 Å². The maximum atomic E-state index is 11.0.